The van der Waals surface area contributed by atoms with Crippen molar-refractivity contribution in [1.82, 2.24) is 4.90 Å². The molecule has 0 saturated heterocycles. The number of thiophene rings is 1. The number of rotatable bonds is 4. The van der Waals surface area contributed by atoms with Gasteiger partial charge in [0, 0.05) is 34.3 Å². The summed E-state index contributed by atoms with van der Waals surface area (Å²) in [4.78, 5) is 26.2. The van der Waals surface area contributed by atoms with Crippen LogP contribution in [0.15, 0.2) is 12.1 Å². The van der Waals surface area contributed by atoms with Crippen molar-refractivity contribution in [2.45, 2.75) is 25.4 Å². The third-order valence-electron chi connectivity index (χ3n) is 4.98. The zero-order chi connectivity index (χ0) is 17.0. The van der Waals surface area contributed by atoms with Crippen molar-refractivity contribution in [3.63, 3.8) is 0 Å². The van der Waals surface area contributed by atoms with Gasteiger partial charge in [0.25, 0.3) is 5.91 Å². The van der Waals surface area contributed by atoms with E-state index in [-0.39, 0.29) is 17.9 Å². The number of ether oxygens (including phenoxy) is 2. The van der Waals surface area contributed by atoms with Crippen LogP contribution in [0.25, 0.3) is 10.1 Å². The number of hydrogen-bond donors (Lipinski definition) is 1. The lowest BCUT2D eigenvalue weighted by molar-refractivity contribution is -0.146. The van der Waals surface area contributed by atoms with Gasteiger partial charge in [-0.1, -0.05) is 0 Å². The molecule has 2 aromatic rings. The van der Waals surface area contributed by atoms with E-state index in [1.54, 1.807) is 14.2 Å². The van der Waals surface area contributed by atoms with Crippen molar-refractivity contribution < 1.29 is 24.2 Å². The molecule has 1 aliphatic heterocycles. The van der Waals surface area contributed by atoms with E-state index in [2.05, 4.69) is 0 Å². The highest BCUT2D eigenvalue weighted by Gasteiger charge is 2.44. The van der Waals surface area contributed by atoms with E-state index in [0.29, 0.717) is 30.9 Å². The number of benzene rings is 1. The van der Waals surface area contributed by atoms with E-state index in [4.69, 9.17) is 14.6 Å². The van der Waals surface area contributed by atoms with Crippen molar-refractivity contribution in [3.05, 3.63) is 22.6 Å². The van der Waals surface area contributed by atoms with Gasteiger partial charge in [-0.2, -0.15) is 0 Å². The summed E-state index contributed by atoms with van der Waals surface area (Å²) < 4.78 is 11.7. The molecular formula is C17H17NO5S. The lowest BCUT2D eigenvalue weighted by Gasteiger charge is -2.39. The van der Waals surface area contributed by atoms with Crippen molar-refractivity contribution in [2.24, 2.45) is 5.92 Å². The Kier molecular flexibility index (Phi) is 3.42. The Hall–Kier alpha value is -2.28. The molecule has 1 aliphatic carbocycles. The number of carbonyl (C=O) groups is 2. The largest absolute Gasteiger partial charge is 0.493 e. The van der Waals surface area contributed by atoms with Gasteiger partial charge in [0.05, 0.1) is 25.0 Å². The maximum absolute atomic E-state index is 12.7. The van der Waals surface area contributed by atoms with Gasteiger partial charge < -0.3 is 19.5 Å². The van der Waals surface area contributed by atoms with Crippen molar-refractivity contribution in [1.29, 1.82) is 0 Å². The first-order chi connectivity index (χ1) is 11.5. The molecule has 24 heavy (non-hydrogen) atoms. The Morgan fingerprint density at radius 3 is 2.54 bits per heavy atom. The summed E-state index contributed by atoms with van der Waals surface area (Å²) in [7, 11) is 3.18. The van der Waals surface area contributed by atoms with Crippen LogP contribution in [0.1, 0.15) is 28.1 Å². The first-order valence-electron chi connectivity index (χ1n) is 7.74. The van der Waals surface area contributed by atoms with E-state index >= 15 is 0 Å². The Morgan fingerprint density at radius 1 is 1.25 bits per heavy atom. The van der Waals surface area contributed by atoms with Gasteiger partial charge in [0.1, 0.15) is 0 Å². The summed E-state index contributed by atoms with van der Waals surface area (Å²) in [6.07, 6.45) is 1.09. The highest BCUT2D eigenvalue weighted by atomic mass is 32.1. The fraction of sp³-hybridized carbons (Fsp3) is 0.412. The molecular weight excluding hydrogens is 330 g/mol. The average molecular weight is 347 g/mol. The molecule has 1 amide bonds. The molecule has 1 aromatic carbocycles. The molecule has 2 heterocycles. The average Bonchev–Trinajstić information content (AvgIpc) is 3.01. The Morgan fingerprint density at radius 2 is 1.92 bits per heavy atom. The van der Waals surface area contributed by atoms with Crippen LogP contribution in [-0.4, -0.2) is 42.1 Å². The van der Waals surface area contributed by atoms with Crippen LogP contribution in [0, 0.1) is 5.92 Å². The second-order valence-corrected chi connectivity index (χ2v) is 7.26. The van der Waals surface area contributed by atoms with Crippen molar-refractivity contribution >= 4 is 33.3 Å². The first-order valence-corrected chi connectivity index (χ1v) is 8.56. The minimum Gasteiger partial charge on any atom is -0.493 e. The predicted molar refractivity (Wildman–Crippen MR) is 89.0 cm³/mol. The molecule has 2 aliphatic rings. The van der Waals surface area contributed by atoms with Crippen LogP contribution >= 0.6 is 11.3 Å². The van der Waals surface area contributed by atoms with E-state index in [9.17, 15) is 9.59 Å². The van der Waals surface area contributed by atoms with Crippen molar-refractivity contribution in [2.75, 3.05) is 14.2 Å². The number of carboxylic acids is 1. The molecule has 1 N–H and O–H groups in total. The molecule has 1 aromatic heterocycles. The zero-order valence-electron chi connectivity index (χ0n) is 13.4. The van der Waals surface area contributed by atoms with E-state index in [1.807, 2.05) is 17.0 Å². The number of hydrogen-bond acceptors (Lipinski definition) is 5. The number of fused-ring (bicyclic) bond motifs is 3. The monoisotopic (exact) mass is 347 g/mol. The summed E-state index contributed by atoms with van der Waals surface area (Å²) in [6.45, 7) is 0.542. The summed E-state index contributed by atoms with van der Waals surface area (Å²) >= 11 is 1.46. The maximum Gasteiger partial charge on any atom is 0.306 e. The molecule has 0 bridgehead atoms. The molecule has 0 atom stereocenters. The van der Waals surface area contributed by atoms with Gasteiger partial charge in [0.15, 0.2) is 11.5 Å². The smallest absolute Gasteiger partial charge is 0.306 e. The molecule has 0 radical (unpaired) electrons. The Labute approximate surface area is 142 Å². The number of carboxylic acid groups (broad SMARTS) is 1. The van der Waals surface area contributed by atoms with Crippen LogP contribution < -0.4 is 9.47 Å². The van der Waals surface area contributed by atoms with Gasteiger partial charge >= 0.3 is 5.97 Å². The number of nitrogens with zero attached hydrogens (tertiary/aromatic N) is 1. The molecule has 4 rings (SSSR count). The number of amides is 1. The summed E-state index contributed by atoms with van der Waals surface area (Å²) in [5.74, 6) is 0.221. The Balaban J connectivity index is 1.66. The second-order valence-electron chi connectivity index (χ2n) is 6.21. The van der Waals surface area contributed by atoms with Gasteiger partial charge in [-0.25, -0.2) is 0 Å². The quantitative estimate of drug-likeness (QED) is 0.920. The molecule has 7 heteroatoms. The van der Waals surface area contributed by atoms with E-state index in [1.165, 1.54) is 11.3 Å². The fourth-order valence-electron chi connectivity index (χ4n) is 3.52. The normalized spacial score (nSPS) is 22.4. The predicted octanol–water partition coefficient (Wildman–Crippen LogP) is 2.74. The van der Waals surface area contributed by atoms with Gasteiger partial charge in [0.2, 0.25) is 0 Å². The van der Waals surface area contributed by atoms with Gasteiger partial charge in [-0.3, -0.25) is 9.59 Å². The second kappa shape index (κ2) is 5.37. The lowest BCUT2D eigenvalue weighted by Crippen LogP contribution is -2.47. The summed E-state index contributed by atoms with van der Waals surface area (Å²) in [5, 5.41) is 10.0. The third kappa shape index (κ3) is 2.07. The van der Waals surface area contributed by atoms with E-state index in [0.717, 1.165) is 20.5 Å². The van der Waals surface area contributed by atoms with Crippen LogP contribution in [0.4, 0.5) is 0 Å². The first kappa shape index (κ1) is 15.3. The summed E-state index contributed by atoms with van der Waals surface area (Å²) in [6, 6.07) is 3.85. The number of aliphatic carboxylic acids is 1. The molecule has 1 saturated carbocycles. The SMILES string of the molecule is COc1cc2sc3c(c2cc1OC)CN(C1CC(C(=O)O)C1)C3=O. The topological polar surface area (TPSA) is 76.1 Å². The minimum atomic E-state index is -0.769. The van der Waals surface area contributed by atoms with Gasteiger partial charge in [-0.05, 0) is 18.9 Å². The molecule has 0 unspecified atom stereocenters. The standard InChI is InChI=1S/C17H17NO5S/c1-22-12-5-10-11-7-18(9-3-8(4-9)17(20)21)16(19)15(11)24-14(10)6-13(12)23-2/h5-6,8-9H,3-4,7H2,1-2H3,(H,20,21). The van der Waals surface area contributed by atoms with Crippen LogP contribution in [-0.2, 0) is 11.3 Å². The third-order valence-corrected chi connectivity index (χ3v) is 6.17. The zero-order valence-corrected chi connectivity index (χ0v) is 14.2. The molecule has 0 spiro atoms. The lowest BCUT2D eigenvalue weighted by atomic mass is 9.79. The highest BCUT2D eigenvalue weighted by Crippen LogP contribution is 2.45. The van der Waals surface area contributed by atoms with E-state index < -0.39 is 5.97 Å². The fourth-order valence-corrected chi connectivity index (χ4v) is 4.70. The Bertz CT molecular complexity index is 852. The minimum absolute atomic E-state index is 0.0120. The van der Waals surface area contributed by atoms with Crippen molar-refractivity contribution in [3.8, 4) is 11.5 Å². The van der Waals surface area contributed by atoms with Gasteiger partial charge in [-0.15, -0.1) is 11.3 Å². The highest BCUT2D eigenvalue weighted by molar-refractivity contribution is 7.21. The number of methoxy groups -OCH3 is 2. The number of carbonyl (C=O) groups excluding carboxylic acids is 1. The molecule has 126 valence electrons. The maximum atomic E-state index is 12.7. The molecule has 6 nitrogen and oxygen atoms in total. The summed E-state index contributed by atoms with van der Waals surface area (Å²) in [5.41, 5.74) is 1.01. The van der Waals surface area contributed by atoms with Crippen LogP contribution in [0.2, 0.25) is 0 Å². The molecule has 1 fully saturated rings. The van der Waals surface area contributed by atoms with Crippen LogP contribution in [0.3, 0.4) is 0 Å². The van der Waals surface area contributed by atoms with Crippen LogP contribution in [0.5, 0.6) is 11.5 Å².